The van der Waals surface area contributed by atoms with Gasteiger partial charge in [-0.2, -0.15) is 0 Å². The van der Waals surface area contributed by atoms with Crippen LogP contribution in [0.1, 0.15) is 0 Å². The maximum atomic E-state index is 12.8. The lowest BCUT2D eigenvalue weighted by Crippen LogP contribution is -2.27. The van der Waals surface area contributed by atoms with Gasteiger partial charge in [0.25, 0.3) is 0 Å². The second kappa shape index (κ2) is 6.24. The first kappa shape index (κ1) is 13.4. The van der Waals surface area contributed by atoms with E-state index in [4.69, 9.17) is 0 Å². The van der Waals surface area contributed by atoms with Gasteiger partial charge in [-0.05, 0) is 43.4 Å². The predicted octanol–water partition coefficient (Wildman–Crippen LogP) is 1.94. The van der Waals surface area contributed by atoms with Crippen LogP contribution in [0.4, 0.5) is 10.2 Å². The largest absolute Gasteiger partial charge is 0.357 e. The van der Waals surface area contributed by atoms with Crippen molar-refractivity contribution in [3.8, 4) is 11.3 Å². The summed E-state index contributed by atoms with van der Waals surface area (Å²) in [5.41, 5.74) is 1.60. The smallest absolute Gasteiger partial charge is 0.151 e. The number of nitrogens with zero attached hydrogens (tertiary/aromatic N) is 3. The van der Waals surface area contributed by atoms with Gasteiger partial charge in [0, 0.05) is 25.7 Å². The molecule has 5 heteroatoms. The van der Waals surface area contributed by atoms with E-state index in [1.807, 2.05) is 31.1 Å². The van der Waals surface area contributed by atoms with E-state index in [0.717, 1.165) is 30.2 Å². The first-order chi connectivity index (χ1) is 9.20. The summed E-state index contributed by atoms with van der Waals surface area (Å²) in [4.78, 5) is 2.03. The molecular formula is C14H17FN4. The maximum absolute atomic E-state index is 12.8. The van der Waals surface area contributed by atoms with Gasteiger partial charge in [0.15, 0.2) is 5.82 Å². The van der Waals surface area contributed by atoms with Gasteiger partial charge in [0.2, 0.25) is 0 Å². The molecule has 100 valence electrons. The molecule has 0 unspecified atom stereocenters. The summed E-state index contributed by atoms with van der Waals surface area (Å²) in [6.45, 7) is 1.75. The fourth-order valence-electron chi connectivity index (χ4n) is 1.70. The quantitative estimate of drug-likeness (QED) is 0.892. The number of likely N-dealkylation sites (N-methyl/N-ethyl adjacent to an activating group) is 2. The van der Waals surface area contributed by atoms with Crippen LogP contribution in [0.15, 0.2) is 36.4 Å². The summed E-state index contributed by atoms with van der Waals surface area (Å²) in [6, 6.07) is 10.0. The lowest BCUT2D eigenvalue weighted by atomic mass is 10.1. The lowest BCUT2D eigenvalue weighted by Gasteiger charge is -2.17. The molecule has 0 atom stereocenters. The van der Waals surface area contributed by atoms with Crippen LogP contribution in [0.25, 0.3) is 11.3 Å². The molecule has 19 heavy (non-hydrogen) atoms. The Morgan fingerprint density at radius 2 is 1.84 bits per heavy atom. The zero-order valence-corrected chi connectivity index (χ0v) is 11.1. The molecule has 0 aliphatic heterocycles. The molecule has 1 aromatic heterocycles. The van der Waals surface area contributed by atoms with E-state index in [9.17, 15) is 4.39 Å². The van der Waals surface area contributed by atoms with Crippen molar-refractivity contribution in [1.29, 1.82) is 0 Å². The second-order valence-corrected chi connectivity index (χ2v) is 4.31. The Hall–Kier alpha value is -2.01. The van der Waals surface area contributed by atoms with Crippen molar-refractivity contribution in [3.05, 3.63) is 42.2 Å². The summed E-state index contributed by atoms with van der Waals surface area (Å²) < 4.78 is 12.8. The zero-order valence-electron chi connectivity index (χ0n) is 11.1. The second-order valence-electron chi connectivity index (χ2n) is 4.31. The van der Waals surface area contributed by atoms with Crippen LogP contribution in [0, 0.1) is 5.82 Å². The molecule has 0 saturated carbocycles. The molecule has 2 aromatic rings. The molecular weight excluding hydrogens is 243 g/mol. The number of hydrogen-bond acceptors (Lipinski definition) is 4. The van der Waals surface area contributed by atoms with E-state index < -0.39 is 0 Å². The fraction of sp³-hybridized carbons (Fsp3) is 0.286. The number of nitrogens with one attached hydrogen (secondary N) is 1. The van der Waals surface area contributed by atoms with Gasteiger partial charge in [0.05, 0.1) is 5.69 Å². The molecule has 0 radical (unpaired) electrons. The monoisotopic (exact) mass is 260 g/mol. The van der Waals surface area contributed by atoms with E-state index in [2.05, 4.69) is 15.5 Å². The van der Waals surface area contributed by atoms with Gasteiger partial charge in [-0.25, -0.2) is 4.39 Å². The summed E-state index contributed by atoms with van der Waals surface area (Å²) in [5, 5.41) is 11.4. The van der Waals surface area contributed by atoms with Crippen LogP contribution in [0.3, 0.4) is 0 Å². The topological polar surface area (TPSA) is 41.0 Å². The number of benzene rings is 1. The highest BCUT2D eigenvalue weighted by atomic mass is 19.1. The molecule has 0 aliphatic rings. The number of rotatable bonds is 5. The number of aromatic nitrogens is 2. The Labute approximate surface area is 112 Å². The minimum Gasteiger partial charge on any atom is -0.357 e. The van der Waals surface area contributed by atoms with Gasteiger partial charge in [-0.1, -0.05) is 0 Å². The lowest BCUT2D eigenvalue weighted by molar-refractivity contribution is 0.628. The molecule has 0 aliphatic carbocycles. The molecule has 4 nitrogen and oxygen atoms in total. The summed E-state index contributed by atoms with van der Waals surface area (Å²) >= 11 is 0. The Morgan fingerprint density at radius 1 is 1.11 bits per heavy atom. The van der Waals surface area contributed by atoms with Gasteiger partial charge in [-0.3, -0.25) is 0 Å². The van der Waals surface area contributed by atoms with Gasteiger partial charge >= 0.3 is 0 Å². The minimum absolute atomic E-state index is 0.250. The third-order valence-electron chi connectivity index (χ3n) is 2.88. The molecule has 1 aromatic carbocycles. The highest BCUT2D eigenvalue weighted by Crippen LogP contribution is 2.18. The first-order valence-electron chi connectivity index (χ1n) is 6.16. The molecule has 1 N–H and O–H groups in total. The molecule has 0 spiro atoms. The Morgan fingerprint density at radius 3 is 2.42 bits per heavy atom. The van der Waals surface area contributed by atoms with E-state index >= 15 is 0 Å². The average Bonchev–Trinajstić information content (AvgIpc) is 2.46. The normalized spacial score (nSPS) is 10.5. The van der Waals surface area contributed by atoms with Crippen molar-refractivity contribution < 1.29 is 4.39 Å². The minimum atomic E-state index is -0.250. The van der Waals surface area contributed by atoms with Crippen LogP contribution in [-0.2, 0) is 0 Å². The first-order valence-corrected chi connectivity index (χ1v) is 6.16. The molecule has 0 saturated heterocycles. The SMILES string of the molecule is CNCCN(C)c1ccc(-c2ccc(F)cc2)nn1. The summed E-state index contributed by atoms with van der Waals surface area (Å²) in [6.07, 6.45) is 0. The highest BCUT2D eigenvalue weighted by Gasteiger charge is 2.04. The number of anilines is 1. The molecule has 0 bridgehead atoms. The molecule has 0 fully saturated rings. The average molecular weight is 260 g/mol. The van der Waals surface area contributed by atoms with Crippen LogP contribution in [0.5, 0.6) is 0 Å². The standard InChI is InChI=1S/C14H17FN4/c1-16-9-10-19(2)14-8-7-13(17-18-14)11-3-5-12(15)6-4-11/h3-8,16H,9-10H2,1-2H3. The summed E-state index contributed by atoms with van der Waals surface area (Å²) in [7, 11) is 3.88. The van der Waals surface area contributed by atoms with Crippen LogP contribution in [-0.4, -0.2) is 37.4 Å². The van der Waals surface area contributed by atoms with Crippen molar-refractivity contribution >= 4 is 5.82 Å². The van der Waals surface area contributed by atoms with E-state index in [1.54, 1.807) is 12.1 Å². The Balaban J connectivity index is 2.11. The van der Waals surface area contributed by atoms with Crippen molar-refractivity contribution in [1.82, 2.24) is 15.5 Å². The molecule has 1 heterocycles. The Kier molecular flexibility index (Phi) is 4.41. The van der Waals surface area contributed by atoms with Crippen LogP contribution >= 0.6 is 0 Å². The van der Waals surface area contributed by atoms with Crippen molar-refractivity contribution in [2.24, 2.45) is 0 Å². The number of hydrogen-bond donors (Lipinski definition) is 1. The predicted molar refractivity (Wildman–Crippen MR) is 74.6 cm³/mol. The van der Waals surface area contributed by atoms with E-state index in [0.29, 0.717) is 0 Å². The van der Waals surface area contributed by atoms with Crippen LogP contribution in [0.2, 0.25) is 0 Å². The summed E-state index contributed by atoms with van der Waals surface area (Å²) in [5.74, 6) is 0.571. The highest BCUT2D eigenvalue weighted by molar-refractivity contribution is 5.59. The number of halogens is 1. The fourth-order valence-corrected chi connectivity index (χ4v) is 1.70. The van der Waals surface area contributed by atoms with Gasteiger partial charge in [0.1, 0.15) is 5.82 Å². The van der Waals surface area contributed by atoms with E-state index in [-0.39, 0.29) is 5.82 Å². The van der Waals surface area contributed by atoms with Crippen molar-refractivity contribution in [3.63, 3.8) is 0 Å². The third-order valence-corrected chi connectivity index (χ3v) is 2.88. The van der Waals surface area contributed by atoms with Crippen LogP contribution < -0.4 is 10.2 Å². The van der Waals surface area contributed by atoms with E-state index in [1.165, 1.54) is 12.1 Å². The maximum Gasteiger partial charge on any atom is 0.151 e. The van der Waals surface area contributed by atoms with Gasteiger partial charge in [-0.15, -0.1) is 10.2 Å². The van der Waals surface area contributed by atoms with Gasteiger partial charge < -0.3 is 10.2 Å². The van der Waals surface area contributed by atoms with Crippen molar-refractivity contribution in [2.75, 3.05) is 32.1 Å². The molecule has 2 rings (SSSR count). The Bertz CT molecular complexity index is 510. The van der Waals surface area contributed by atoms with Crippen molar-refractivity contribution in [2.45, 2.75) is 0 Å². The molecule has 0 amide bonds. The third kappa shape index (κ3) is 3.48. The zero-order chi connectivity index (χ0) is 13.7.